The third-order valence-electron chi connectivity index (χ3n) is 6.57. The average Bonchev–Trinajstić information content (AvgIpc) is 2.96. The normalized spacial score (nSPS) is 28.9. The van der Waals surface area contributed by atoms with Gasteiger partial charge >= 0.3 is 0 Å². The van der Waals surface area contributed by atoms with Gasteiger partial charge in [-0.05, 0) is 57.6 Å². The van der Waals surface area contributed by atoms with Crippen molar-refractivity contribution >= 4 is 16.8 Å². The zero-order valence-corrected chi connectivity index (χ0v) is 14.9. The Morgan fingerprint density at radius 2 is 2.00 bits per heavy atom. The minimum atomic E-state index is 0.00965. The summed E-state index contributed by atoms with van der Waals surface area (Å²) in [4.78, 5) is 15.5. The molecule has 5 rings (SSSR count). The number of hydrogen-bond acceptors (Lipinski definition) is 3. The molecule has 0 aliphatic carbocycles. The van der Waals surface area contributed by atoms with Gasteiger partial charge in [-0.25, -0.2) is 0 Å². The molecule has 25 heavy (non-hydrogen) atoms. The highest BCUT2D eigenvalue weighted by molar-refractivity contribution is 6.05. The average molecular weight is 338 g/mol. The Kier molecular flexibility index (Phi) is 3.59. The summed E-state index contributed by atoms with van der Waals surface area (Å²) < 4.78 is 2.06. The predicted molar refractivity (Wildman–Crippen MR) is 97.7 cm³/mol. The first kappa shape index (κ1) is 15.4. The van der Waals surface area contributed by atoms with Crippen molar-refractivity contribution in [2.45, 2.75) is 69.6 Å². The summed E-state index contributed by atoms with van der Waals surface area (Å²) in [5.74, 6) is 0.00965. The molecule has 2 fully saturated rings. The van der Waals surface area contributed by atoms with Gasteiger partial charge in [0.2, 0.25) is 0 Å². The fourth-order valence-corrected chi connectivity index (χ4v) is 5.20. The van der Waals surface area contributed by atoms with E-state index in [1.54, 1.807) is 0 Å². The summed E-state index contributed by atoms with van der Waals surface area (Å²) in [7, 11) is 2.23. The molecular formula is C20H26N4O. The number of piperidine rings is 1. The molecule has 2 atom stereocenters. The third-order valence-corrected chi connectivity index (χ3v) is 6.57. The van der Waals surface area contributed by atoms with Gasteiger partial charge in [-0.3, -0.25) is 9.48 Å². The highest BCUT2D eigenvalue weighted by atomic mass is 16.2. The van der Waals surface area contributed by atoms with Crippen LogP contribution in [0.4, 0.5) is 0 Å². The summed E-state index contributed by atoms with van der Waals surface area (Å²) >= 11 is 0. The molecule has 2 saturated heterocycles. The summed E-state index contributed by atoms with van der Waals surface area (Å²) in [6.45, 7) is 0.916. The smallest absolute Gasteiger partial charge is 0.272 e. The largest absolute Gasteiger partial charge is 0.348 e. The van der Waals surface area contributed by atoms with Crippen molar-refractivity contribution in [3.63, 3.8) is 0 Å². The lowest BCUT2D eigenvalue weighted by Gasteiger charge is -2.36. The first-order chi connectivity index (χ1) is 12.2. The topological polar surface area (TPSA) is 50.2 Å². The second-order valence-corrected chi connectivity index (χ2v) is 8.03. The first-order valence-corrected chi connectivity index (χ1v) is 9.72. The van der Waals surface area contributed by atoms with E-state index in [0.717, 1.165) is 37.6 Å². The standard InChI is InChI=1S/C20H26N4O/c1-23-15-8-9-16(23)12-14(11-15)21-20(25)18-17-7-4-6-13-5-2-3-10-24(22-18)19(13)17/h4,6-7,14-16H,2-3,5,8-12H2,1H3,(H,21,25). The SMILES string of the molecule is CN1C2CCC1CC(NC(=O)c1nn3c4c(cccc14)CCCC3)C2. The van der Waals surface area contributed by atoms with Crippen LogP contribution in [0.1, 0.15) is 54.6 Å². The molecule has 1 aromatic carbocycles. The molecule has 0 radical (unpaired) electrons. The molecule has 132 valence electrons. The van der Waals surface area contributed by atoms with Crippen molar-refractivity contribution < 1.29 is 4.79 Å². The van der Waals surface area contributed by atoms with Gasteiger partial charge in [0.15, 0.2) is 5.69 Å². The molecule has 2 bridgehead atoms. The fourth-order valence-electron chi connectivity index (χ4n) is 5.20. The van der Waals surface area contributed by atoms with Crippen LogP contribution >= 0.6 is 0 Å². The lowest BCUT2D eigenvalue weighted by molar-refractivity contribution is 0.0878. The molecule has 0 saturated carbocycles. The number of hydrogen-bond donors (Lipinski definition) is 1. The van der Waals surface area contributed by atoms with E-state index in [4.69, 9.17) is 5.10 Å². The number of benzene rings is 1. The van der Waals surface area contributed by atoms with Crippen LogP contribution in [0.25, 0.3) is 10.9 Å². The number of amides is 1. The molecule has 1 N–H and O–H groups in total. The Morgan fingerprint density at radius 1 is 1.20 bits per heavy atom. The van der Waals surface area contributed by atoms with Gasteiger partial charge in [-0.2, -0.15) is 5.10 Å². The van der Waals surface area contributed by atoms with E-state index in [-0.39, 0.29) is 11.9 Å². The van der Waals surface area contributed by atoms with Gasteiger partial charge in [-0.1, -0.05) is 18.2 Å². The van der Waals surface area contributed by atoms with Crippen LogP contribution < -0.4 is 5.32 Å². The molecule has 5 nitrogen and oxygen atoms in total. The number of carbonyl (C=O) groups excluding carboxylic acids is 1. The molecule has 2 unspecified atom stereocenters. The Labute approximate surface area is 148 Å². The molecule has 4 heterocycles. The van der Waals surface area contributed by atoms with E-state index in [9.17, 15) is 4.79 Å². The van der Waals surface area contributed by atoms with Crippen molar-refractivity contribution in [1.82, 2.24) is 20.0 Å². The lowest BCUT2D eigenvalue weighted by atomic mass is 9.97. The molecule has 2 aromatic rings. The number of aromatic nitrogens is 2. The second kappa shape index (κ2) is 5.84. The maximum atomic E-state index is 13.0. The van der Waals surface area contributed by atoms with Gasteiger partial charge in [-0.15, -0.1) is 0 Å². The highest BCUT2D eigenvalue weighted by Crippen LogP contribution is 2.34. The van der Waals surface area contributed by atoms with Crippen LogP contribution in [0.15, 0.2) is 18.2 Å². The van der Waals surface area contributed by atoms with Gasteiger partial charge in [0.05, 0.1) is 5.52 Å². The van der Waals surface area contributed by atoms with Crippen molar-refractivity contribution in [3.05, 3.63) is 29.5 Å². The van der Waals surface area contributed by atoms with Gasteiger partial charge < -0.3 is 10.2 Å². The third kappa shape index (κ3) is 2.48. The number of rotatable bonds is 2. The van der Waals surface area contributed by atoms with Crippen molar-refractivity contribution in [1.29, 1.82) is 0 Å². The van der Waals surface area contributed by atoms with Crippen molar-refractivity contribution in [2.24, 2.45) is 0 Å². The first-order valence-electron chi connectivity index (χ1n) is 9.72. The van der Waals surface area contributed by atoms with E-state index >= 15 is 0 Å². The lowest BCUT2D eigenvalue weighted by Crippen LogP contribution is -2.48. The zero-order valence-electron chi connectivity index (χ0n) is 14.9. The van der Waals surface area contributed by atoms with Gasteiger partial charge in [0, 0.05) is 30.1 Å². The van der Waals surface area contributed by atoms with E-state index in [0.29, 0.717) is 17.8 Å². The molecule has 3 aliphatic rings. The maximum absolute atomic E-state index is 13.0. The van der Waals surface area contributed by atoms with Crippen molar-refractivity contribution in [3.8, 4) is 0 Å². The maximum Gasteiger partial charge on any atom is 0.272 e. The highest BCUT2D eigenvalue weighted by Gasteiger charge is 2.39. The fraction of sp³-hybridized carbons (Fsp3) is 0.600. The van der Waals surface area contributed by atoms with E-state index in [2.05, 4.69) is 40.1 Å². The Balaban J connectivity index is 1.43. The molecular weight excluding hydrogens is 312 g/mol. The van der Waals surface area contributed by atoms with Crippen LogP contribution in [0, 0.1) is 0 Å². The van der Waals surface area contributed by atoms with Crippen LogP contribution in [-0.4, -0.2) is 45.8 Å². The number of nitrogens with one attached hydrogen (secondary N) is 1. The Hall–Kier alpha value is -1.88. The number of fused-ring (bicyclic) bond motifs is 2. The summed E-state index contributed by atoms with van der Waals surface area (Å²) in [5, 5.41) is 9.03. The number of para-hydroxylation sites is 1. The summed E-state index contributed by atoms with van der Waals surface area (Å²) in [6.07, 6.45) is 8.10. The van der Waals surface area contributed by atoms with E-state index < -0.39 is 0 Å². The van der Waals surface area contributed by atoms with Crippen LogP contribution in [0.2, 0.25) is 0 Å². The van der Waals surface area contributed by atoms with Gasteiger partial charge in [0.1, 0.15) is 0 Å². The minimum Gasteiger partial charge on any atom is -0.348 e. The van der Waals surface area contributed by atoms with Crippen molar-refractivity contribution in [2.75, 3.05) is 7.05 Å². The van der Waals surface area contributed by atoms with Gasteiger partial charge in [0.25, 0.3) is 5.91 Å². The Bertz CT molecular complexity index is 812. The molecule has 0 spiro atoms. The monoisotopic (exact) mass is 338 g/mol. The predicted octanol–water partition coefficient (Wildman–Crippen LogP) is 2.73. The second-order valence-electron chi connectivity index (χ2n) is 8.03. The van der Waals surface area contributed by atoms with Crippen LogP contribution in [-0.2, 0) is 13.0 Å². The van der Waals surface area contributed by atoms with Crippen LogP contribution in [0.5, 0.6) is 0 Å². The zero-order chi connectivity index (χ0) is 17.0. The number of nitrogens with zero attached hydrogens (tertiary/aromatic N) is 3. The number of aryl methyl sites for hydroxylation is 2. The molecule has 3 aliphatic heterocycles. The van der Waals surface area contributed by atoms with Crippen LogP contribution in [0.3, 0.4) is 0 Å². The molecule has 5 heteroatoms. The van der Waals surface area contributed by atoms with E-state index in [1.165, 1.54) is 30.3 Å². The Morgan fingerprint density at radius 3 is 2.80 bits per heavy atom. The minimum absolute atomic E-state index is 0.00965. The molecule has 1 aromatic heterocycles. The van der Waals surface area contributed by atoms with E-state index in [1.807, 2.05) is 0 Å². The number of carbonyl (C=O) groups is 1. The molecule has 1 amide bonds. The quantitative estimate of drug-likeness (QED) is 0.916. The summed E-state index contributed by atoms with van der Waals surface area (Å²) in [5.41, 5.74) is 3.12. The summed E-state index contributed by atoms with van der Waals surface area (Å²) in [6, 6.07) is 7.87.